The van der Waals surface area contributed by atoms with Crippen LogP contribution in [0.25, 0.3) is 0 Å². The van der Waals surface area contributed by atoms with Crippen LogP contribution in [0.2, 0.25) is 0 Å². The van der Waals surface area contributed by atoms with Gasteiger partial charge in [-0.1, -0.05) is 24.6 Å². The van der Waals surface area contributed by atoms with Gasteiger partial charge in [0.1, 0.15) is 5.75 Å². The summed E-state index contributed by atoms with van der Waals surface area (Å²) < 4.78 is 5.57. The van der Waals surface area contributed by atoms with Gasteiger partial charge >= 0.3 is 6.01 Å². The average Bonchev–Trinajstić information content (AvgIpc) is 2.43. The van der Waals surface area contributed by atoms with Crippen LogP contribution in [0.5, 0.6) is 11.8 Å². The summed E-state index contributed by atoms with van der Waals surface area (Å²) in [5, 5.41) is 0. The van der Waals surface area contributed by atoms with Crippen LogP contribution in [0.15, 0.2) is 36.7 Å². The second kappa shape index (κ2) is 6.29. The fourth-order valence-corrected chi connectivity index (χ4v) is 1.66. The Morgan fingerprint density at radius 3 is 2.37 bits per heavy atom. The summed E-state index contributed by atoms with van der Waals surface area (Å²) in [5.74, 6) is 0.739. The zero-order chi connectivity index (χ0) is 13.7. The molecule has 100 valence electrons. The van der Waals surface area contributed by atoms with Crippen LogP contribution in [0.3, 0.4) is 0 Å². The Morgan fingerprint density at radius 2 is 1.79 bits per heavy atom. The summed E-state index contributed by atoms with van der Waals surface area (Å²) in [6.45, 7) is 4.10. The lowest BCUT2D eigenvalue weighted by molar-refractivity contribution is 0.440. The fourth-order valence-electron chi connectivity index (χ4n) is 1.66. The van der Waals surface area contributed by atoms with Gasteiger partial charge in [0, 0.05) is 18.4 Å². The molecule has 19 heavy (non-hydrogen) atoms. The Bertz CT molecular complexity index is 508. The van der Waals surface area contributed by atoms with Gasteiger partial charge in [0.2, 0.25) is 0 Å². The van der Waals surface area contributed by atoms with Gasteiger partial charge in [-0.25, -0.2) is 9.97 Å². The molecule has 0 saturated carbocycles. The largest absolute Gasteiger partial charge is 0.424 e. The molecule has 2 aromatic rings. The molecule has 0 saturated heterocycles. The monoisotopic (exact) mass is 257 g/mol. The molecule has 0 bridgehead atoms. The van der Waals surface area contributed by atoms with E-state index in [4.69, 9.17) is 10.5 Å². The highest BCUT2D eigenvalue weighted by molar-refractivity contribution is 5.28. The third-order valence-electron chi connectivity index (χ3n) is 2.93. The summed E-state index contributed by atoms with van der Waals surface area (Å²) >= 11 is 0. The molecule has 0 fully saturated rings. The maximum atomic E-state index is 5.89. The van der Waals surface area contributed by atoms with E-state index in [1.807, 2.05) is 31.2 Å². The maximum Gasteiger partial charge on any atom is 0.321 e. The lowest BCUT2D eigenvalue weighted by Gasteiger charge is -2.08. The Morgan fingerprint density at radius 1 is 1.16 bits per heavy atom. The number of benzene rings is 1. The zero-order valence-corrected chi connectivity index (χ0v) is 11.3. The number of rotatable bonds is 5. The SMILES string of the molecule is CCC(N)Cc1cnc(Oc2ccc(C)cc2)nc1. The molecule has 0 spiro atoms. The minimum absolute atomic E-state index is 0.160. The van der Waals surface area contributed by atoms with Crippen molar-refractivity contribution in [3.63, 3.8) is 0 Å². The number of aryl methyl sites for hydroxylation is 1. The highest BCUT2D eigenvalue weighted by Gasteiger charge is 2.04. The van der Waals surface area contributed by atoms with Crippen molar-refractivity contribution >= 4 is 0 Å². The smallest absolute Gasteiger partial charge is 0.321 e. The molecule has 0 amide bonds. The Hall–Kier alpha value is -1.94. The number of hydrogen-bond donors (Lipinski definition) is 1. The first-order valence-corrected chi connectivity index (χ1v) is 6.48. The van der Waals surface area contributed by atoms with Gasteiger partial charge in [0.05, 0.1) is 0 Å². The number of nitrogens with two attached hydrogens (primary N) is 1. The van der Waals surface area contributed by atoms with Crippen LogP contribution < -0.4 is 10.5 Å². The van der Waals surface area contributed by atoms with Crippen molar-refractivity contribution in [2.24, 2.45) is 5.73 Å². The van der Waals surface area contributed by atoms with E-state index in [1.165, 1.54) is 5.56 Å². The molecule has 1 aromatic carbocycles. The number of ether oxygens (including phenoxy) is 1. The van der Waals surface area contributed by atoms with E-state index >= 15 is 0 Å². The van der Waals surface area contributed by atoms with E-state index in [0.29, 0.717) is 6.01 Å². The summed E-state index contributed by atoms with van der Waals surface area (Å²) in [4.78, 5) is 8.39. The fraction of sp³-hybridized carbons (Fsp3) is 0.333. The molecule has 1 heterocycles. The molecule has 2 N–H and O–H groups in total. The molecule has 0 aliphatic rings. The van der Waals surface area contributed by atoms with Gasteiger partial charge in [-0.3, -0.25) is 0 Å². The molecule has 0 radical (unpaired) electrons. The molecule has 0 aliphatic carbocycles. The van der Waals surface area contributed by atoms with E-state index in [2.05, 4.69) is 16.9 Å². The van der Waals surface area contributed by atoms with Crippen LogP contribution in [0, 0.1) is 6.92 Å². The summed E-state index contributed by atoms with van der Waals surface area (Å²) in [7, 11) is 0. The first-order valence-electron chi connectivity index (χ1n) is 6.48. The minimum atomic E-state index is 0.160. The maximum absolute atomic E-state index is 5.89. The van der Waals surface area contributed by atoms with E-state index in [1.54, 1.807) is 12.4 Å². The second-order valence-corrected chi connectivity index (χ2v) is 4.66. The van der Waals surface area contributed by atoms with Gasteiger partial charge in [-0.15, -0.1) is 0 Å². The number of nitrogens with zero attached hydrogens (tertiary/aromatic N) is 2. The van der Waals surface area contributed by atoms with E-state index in [9.17, 15) is 0 Å². The van der Waals surface area contributed by atoms with Gasteiger partial charge < -0.3 is 10.5 Å². The predicted molar refractivity (Wildman–Crippen MR) is 75.3 cm³/mol. The van der Waals surface area contributed by atoms with Crippen molar-refractivity contribution < 1.29 is 4.74 Å². The summed E-state index contributed by atoms with van der Waals surface area (Å²) in [6.07, 6.45) is 5.28. The molecule has 0 aliphatic heterocycles. The lowest BCUT2D eigenvalue weighted by Crippen LogP contribution is -2.21. The molecule has 1 aromatic heterocycles. The highest BCUT2D eigenvalue weighted by atomic mass is 16.5. The average molecular weight is 257 g/mol. The first-order chi connectivity index (χ1) is 9.17. The zero-order valence-electron chi connectivity index (χ0n) is 11.3. The van der Waals surface area contributed by atoms with Crippen LogP contribution >= 0.6 is 0 Å². The normalized spacial score (nSPS) is 12.2. The van der Waals surface area contributed by atoms with Crippen molar-refractivity contribution in [2.45, 2.75) is 32.7 Å². The van der Waals surface area contributed by atoms with Crippen LogP contribution in [0.4, 0.5) is 0 Å². The third kappa shape index (κ3) is 4.03. The molecular formula is C15H19N3O. The topological polar surface area (TPSA) is 61.0 Å². The predicted octanol–water partition coefficient (Wildman–Crippen LogP) is 2.86. The van der Waals surface area contributed by atoms with Crippen LogP contribution in [-0.4, -0.2) is 16.0 Å². The van der Waals surface area contributed by atoms with Crippen molar-refractivity contribution in [1.29, 1.82) is 0 Å². The molecule has 1 unspecified atom stereocenters. The van der Waals surface area contributed by atoms with E-state index in [0.717, 1.165) is 24.2 Å². The molecule has 4 nitrogen and oxygen atoms in total. The van der Waals surface area contributed by atoms with Crippen molar-refractivity contribution in [1.82, 2.24) is 9.97 Å². The van der Waals surface area contributed by atoms with Crippen LogP contribution in [-0.2, 0) is 6.42 Å². The van der Waals surface area contributed by atoms with Crippen LogP contribution in [0.1, 0.15) is 24.5 Å². The van der Waals surface area contributed by atoms with Gasteiger partial charge in [-0.2, -0.15) is 0 Å². The Kier molecular flexibility index (Phi) is 4.47. The molecular weight excluding hydrogens is 238 g/mol. The molecule has 4 heteroatoms. The van der Waals surface area contributed by atoms with E-state index in [-0.39, 0.29) is 6.04 Å². The highest BCUT2D eigenvalue weighted by Crippen LogP contribution is 2.17. The third-order valence-corrected chi connectivity index (χ3v) is 2.93. The standard InChI is InChI=1S/C15H19N3O/c1-3-13(16)8-12-9-17-15(18-10-12)19-14-6-4-11(2)5-7-14/h4-7,9-10,13H,3,8,16H2,1-2H3. The minimum Gasteiger partial charge on any atom is -0.424 e. The van der Waals surface area contributed by atoms with Crippen molar-refractivity contribution in [2.75, 3.05) is 0 Å². The van der Waals surface area contributed by atoms with Crippen molar-refractivity contribution in [3.8, 4) is 11.8 Å². The van der Waals surface area contributed by atoms with Gasteiger partial charge in [0.15, 0.2) is 0 Å². The summed E-state index contributed by atoms with van der Waals surface area (Å²) in [5.41, 5.74) is 8.12. The van der Waals surface area contributed by atoms with Crippen molar-refractivity contribution in [3.05, 3.63) is 47.8 Å². The van der Waals surface area contributed by atoms with Gasteiger partial charge in [-0.05, 0) is 37.5 Å². The Labute approximate surface area is 113 Å². The quantitative estimate of drug-likeness (QED) is 0.894. The number of aromatic nitrogens is 2. The molecule has 1 atom stereocenters. The lowest BCUT2D eigenvalue weighted by atomic mass is 10.1. The second-order valence-electron chi connectivity index (χ2n) is 4.66. The summed E-state index contributed by atoms with van der Waals surface area (Å²) in [6, 6.07) is 8.30. The number of hydrogen-bond acceptors (Lipinski definition) is 4. The first kappa shape index (κ1) is 13.5. The Balaban J connectivity index is 2.00. The van der Waals surface area contributed by atoms with Gasteiger partial charge in [0.25, 0.3) is 0 Å². The van der Waals surface area contributed by atoms with E-state index < -0.39 is 0 Å². The molecule has 2 rings (SSSR count).